The van der Waals surface area contributed by atoms with Crippen LogP contribution in [0.1, 0.15) is 11.3 Å². The van der Waals surface area contributed by atoms with Gasteiger partial charge in [0, 0.05) is 11.9 Å². The molecule has 6 nitrogen and oxygen atoms in total. The lowest BCUT2D eigenvalue weighted by Gasteiger charge is -2.11. The van der Waals surface area contributed by atoms with Crippen molar-refractivity contribution in [2.45, 2.75) is 13.8 Å². The van der Waals surface area contributed by atoms with Crippen LogP contribution in [0.5, 0.6) is 11.8 Å². The number of methoxy groups -OCH3 is 1. The number of hydrogen-bond donors (Lipinski definition) is 1. The third-order valence-electron chi connectivity index (χ3n) is 2.73. The number of aromatic nitrogens is 2. The molecule has 0 radical (unpaired) electrons. The molecular weight excluding hydrogens is 270 g/mol. The van der Waals surface area contributed by atoms with Crippen LogP contribution in [0.15, 0.2) is 30.5 Å². The van der Waals surface area contributed by atoms with Gasteiger partial charge < -0.3 is 14.8 Å². The number of benzene rings is 1. The molecule has 0 saturated heterocycles. The first-order valence-corrected chi connectivity index (χ1v) is 6.45. The molecule has 0 bridgehead atoms. The van der Waals surface area contributed by atoms with Crippen LogP contribution in [-0.4, -0.2) is 29.6 Å². The Labute approximate surface area is 123 Å². The first-order valence-electron chi connectivity index (χ1n) is 6.45. The van der Waals surface area contributed by atoms with Crippen LogP contribution in [0.2, 0.25) is 0 Å². The zero-order valence-corrected chi connectivity index (χ0v) is 12.2. The molecule has 2 aromatic rings. The Morgan fingerprint density at radius 2 is 2.10 bits per heavy atom. The molecule has 0 aliphatic carbocycles. The second kappa shape index (κ2) is 6.69. The predicted octanol–water partition coefficient (Wildman–Crippen LogP) is 2.12. The van der Waals surface area contributed by atoms with Crippen LogP contribution in [-0.2, 0) is 4.79 Å². The summed E-state index contributed by atoms with van der Waals surface area (Å²) < 4.78 is 10.4. The summed E-state index contributed by atoms with van der Waals surface area (Å²) >= 11 is 0. The van der Waals surface area contributed by atoms with Crippen molar-refractivity contribution < 1.29 is 14.3 Å². The number of aryl methyl sites for hydroxylation is 2. The van der Waals surface area contributed by atoms with Crippen LogP contribution in [0.25, 0.3) is 0 Å². The molecule has 0 aliphatic heterocycles. The van der Waals surface area contributed by atoms with E-state index < -0.39 is 0 Å². The highest BCUT2D eigenvalue weighted by molar-refractivity contribution is 5.93. The number of ether oxygens (including phenoxy) is 2. The predicted molar refractivity (Wildman–Crippen MR) is 78.6 cm³/mol. The summed E-state index contributed by atoms with van der Waals surface area (Å²) in [5.41, 5.74) is 2.41. The van der Waals surface area contributed by atoms with Crippen LogP contribution in [0.4, 0.5) is 5.69 Å². The fraction of sp³-hybridized carbons (Fsp3) is 0.267. The van der Waals surface area contributed by atoms with Gasteiger partial charge in [-0.05, 0) is 37.6 Å². The Hall–Kier alpha value is -2.63. The molecule has 0 saturated carbocycles. The van der Waals surface area contributed by atoms with Gasteiger partial charge in [-0.3, -0.25) is 4.79 Å². The van der Waals surface area contributed by atoms with Gasteiger partial charge in [-0.25, -0.2) is 9.97 Å². The minimum atomic E-state index is -0.302. The van der Waals surface area contributed by atoms with Crippen LogP contribution < -0.4 is 14.8 Å². The van der Waals surface area contributed by atoms with Crippen LogP contribution in [0, 0.1) is 13.8 Å². The normalized spacial score (nSPS) is 10.0. The number of nitrogens with one attached hydrogen (secondary N) is 1. The molecule has 1 aromatic carbocycles. The smallest absolute Gasteiger partial charge is 0.317 e. The van der Waals surface area contributed by atoms with Gasteiger partial charge in [-0.15, -0.1) is 0 Å². The highest BCUT2D eigenvalue weighted by atomic mass is 16.5. The summed E-state index contributed by atoms with van der Waals surface area (Å²) in [4.78, 5) is 19.9. The Balaban J connectivity index is 1.97. The standard InChI is InChI=1S/C15H17N3O3/c1-10-4-5-13(20-3)12(8-10)18-14(19)9-21-15-16-7-6-11(2)17-15/h4-8H,9H2,1-3H3,(H,18,19). The van der Waals surface area contributed by atoms with Crippen molar-refractivity contribution >= 4 is 11.6 Å². The van der Waals surface area contributed by atoms with E-state index in [1.54, 1.807) is 25.4 Å². The van der Waals surface area contributed by atoms with Gasteiger partial charge in [0.15, 0.2) is 6.61 Å². The molecule has 21 heavy (non-hydrogen) atoms. The molecule has 0 spiro atoms. The quantitative estimate of drug-likeness (QED) is 0.911. The van der Waals surface area contributed by atoms with Gasteiger partial charge in [0.05, 0.1) is 12.8 Å². The summed E-state index contributed by atoms with van der Waals surface area (Å²) in [6, 6.07) is 7.48. The average Bonchev–Trinajstić information content (AvgIpc) is 2.45. The number of hydrogen-bond acceptors (Lipinski definition) is 5. The molecular formula is C15H17N3O3. The van der Waals surface area contributed by atoms with Crippen molar-refractivity contribution in [3.05, 3.63) is 41.7 Å². The first-order chi connectivity index (χ1) is 10.1. The average molecular weight is 287 g/mol. The molecule has 0 unspecified atom stereocenters. The minimum absolute atomic E-state index is 0.166. The molecule has 1 heterocycles. The zero-order valence-electron chi connectivity index (χ0n) is 12.2. The second-order valence-corrected chi connectivity index (χ2v) is 4.52. The highest BCUT2D eigenvalue weighted by Crippen LogP contribution is 2.24. The van der Waals surface area contributed by atoms with Gasteiger partial charge in [-0.1, -0.05) is 6.07 Å². The van der Waals surface area contributed by atoms with Crippen molar-refractivity contribution in [1.29, 1.82) is 0 Å². The van der Waals surface area contributed by atoms with Crippen molar-refractivity contribution in [3.8, 4) is 11.8 Å². The maximum Gasteiger partial charge on any atom is 0.317 e. The van der Waals surface area contributed by atoms with E-state index in [9.17, 15) is 4.79 Å². The monoisotopic (exact) mass is 287 g/mol. The van der Waals surface area contributed by atoms with Crippen molar-refractivity contribution in [2.24, 2.45) is 0 Å². The number of amides is 1. The van der Waals surface area contributed by atoms with E-state index in [4.69, 9.17) is 9.47 Å². The summed E-state index contributed by atoms with van der Waals surface area (Å²) in [7, 11) is 1.55. The third kappa shape index (κ3) is 4.17. The van der Waals surface area contributed by atoms with Gasteiger partial charge >= 0.3 is 6.01 Å². The van der Waals surface area contributed by atoms with E-state index in [-0.39, 0.29) is 18.5 Å². The molecule has 0 aliphatic rings. The summed E-state index contributed by atoms with van der Waals surface area (Å²) in [5, 5.41) is 2.74. The fourth-order valence-corrected chi connectivity index (χ4v) is 1.73. The molecule has 1 aromatic heterocycles. The number of rotatable bonds is 5. The number of anilines is 1. The van der Waals surface area contributed by atoms with E-state index in [1.807, 2.05) is 26.0 Å². The molecule has 110 valence electrons. The van der Waals surface area contributed by atoms with Crippen molar-refractivity contribution in [1.82, 2.24) is 9.97 Å². The lowest BCUT2D eigenvalue weighted by molar-refractivity contribution is -0.118. The molecule has 1 N–H and O–H groups in total. The zero-order chi connectivity index (χ0) is 15.2. The van der Waals surface area contributed by atoms with Crippen LogP contribution in [0.3, 0.4) is 0 Å². The van der Waals surface area contributed by atoms with E-state index >= 15 is 0 Å². The highest BCUT2D eigenvalue weighted by Gasteiger charge is 2.09. The minimum Gasteiger partial charge on any atom is -0.495 e. The van der Waals surface area contributed by atoms with Gasteiger partial charge in [-0.2, -0.15) is 0 Å². The summed E-state index contributed by atoms with van der Waals surface area (Å²) in [5.74, 6) is 0.296. The van der Waals surface area contributed by atoms with Crippen molar-refractivity contribution in [3.63, 3.8) is 0 Å². The van der Waals surface area contributed by atoms with Gasteiger partial charge in [0.25, 0.3) is 5.91 Å². The second-order valence-electron chi connectivity index (χ2n) is 4.52. The SMILES string of the molecule is COc1ccc(C)cc1NC(=O)COc1nccc(C)n1. The Bertz CT molecular complexity index is 644. The van der Waals surface area contributed by atoms with E-state index in [1.165, 1.54) is 0 Å². The van der Waals surface area contributed by atoms with Crippen molar-refractivity contribution in [2.75, 3.05) is 19.0 Å². The maximum atomic E-state index is 11.9. The van der Waals surface area contributed by atoms with E-state index in [2.05, 4.69) is 15.3 Å². The van der Waals surface area contributed by atoms with Crippen LogP contribution >= 0.6 is 0 Å². The molecule has 6 heteroatoms. The van der Waals surface area contributed by atoms with E-state index in [0.717, 1.165) is 11.3 Å². The fourth-order valence-electron chi connectivity index (χ4n) is 1.73. The number of carbonyl (C=O) groups is 1. The largest absolute Gasteiger partial charge is 0.495 e. The Kier molecular flexibility index (Phi) is 4.71. The molecule has 1 amide bonds. The molecule has 0 fully saturated rings. The lowest BCUT2D eigenvalue weighted by Crippen LogP contribution is -2.21. The summed E-state index contributed by atoms with van der Waals surface area (Å²) in [6.45, 7) is 3.60. The van der Waals surface area contributed by atoms with Gasteiger partial charge in [0.2, 0.25) is 0 Å². The summed E-state index contributed by atoms with van der Waals surface area (Å²) in [6.07, 6.45) is 1.58. The molecule has 0 atom stereocenters. The molecule has 2 rings (SSSR count). The van der Waals surface area contributed by atoms with Gasteiger partial charge in [0.1, 0.15) is 5.75 Å². The lowest BCUT2D eigenvalue weighted by atomic mass is 10.2. The Morgan fingerprint density at radius 3 is 2.81 bits per heavy atom. The van der Waals surface area contributed by atoms with E-state index in [0.29, 0.717) is 11.4 Å². The topological polar surface area (TPSA) is 73.3 Å². The number of nitrogens with zero attached hydrogens (tertiary/aromatic N) is 2. The maximum absolute atomic E-state index is 11.9. The number of carbonyl (C=O) groups excluding carboxylic acids is 1. The first kappa shape index (κ1) is 14.8. The third-order valence-corrected chi connectivity index (χ3v) is 2.73. The Morgan fingerprint density at radius 1 is 1.29 bits per heavy atom.